The Bertz CT molecular complexity index is 1130. The van der Waals surface area contributed by atoms with Crippen molar-refractivity contribution in [1.29, 1.82) is 5.26 Å². The minimum Gasteiger partial charge on any atom is -0.395 e. The summed E-state index contributed by atoms with van der Waals surface area (Å²) in [5.41, 5.74) is 3.43. The molecule has 4 rings (SSSR count). The number of aliphatic hydroxyl groups is 1. The molecule has 154 valence electrons. The van der Waals surface area contributed by atoms with Gasteiger partial charge in [0.25, 0.3) is 0 Å². The Morgan fingerprint density at radius 3 is 2.63 bits per heavy atom. The normalized spacial score (nSPS) is 16.4. The molecule has 1 fully saturated rings. The van der Waals surface area contributed by atoms with Crippen LogP contribution in [0.25, 0.3) is 22.3 Å². The molecule has 6 nitrogen and oxygen atoms in total. The molecule has 1 atom stereocenters. The van der Waals surface area contributed by atoms with Crippen molar-refractivity contribution in [3.05, 3.63) is 52.0 Å². The Hall–Kier alpha value is -2.43. The maximum Gasteiger partial charge on any atom is 0.156 e. The van der Waals surface area contributed by atoms with Crippen LogP contribution >= 0.6 is 23.2 Å². The molecule has 0 bridgehead atoms. The lowest BCUT2D eigenvalue weighted by Crippen LogP contribution is -2.36. The zero-order valence-electron chi connectivity index (χ0n) is 16.5. The number of aromatic nitrogens is 2. The molecule has 0 saturated carbocycles. The van der Waals surface area contributed by atoms with Crippen molar-refractivity contribution in [3.8, 4) is 17.3 Å². The number of rotatable bonds is 5. The first-order valence-electron chi connectivity index (χ1n) is 9.73. The lowest BCUT2D eigenvalue weighted by molar-refractivity contribution is 0.188. The highest BCUT2D eigenvalue weighted by Crippen LogP contribution is 2.35. The van der Waals surface area contributed by atoms with Crippen LogP contribution in [-0.2, 0) is 0 Å². The van der Waals surface area contributed by atoms with Crippen LogP contribution in [0.4, 0.5) is 5.82 Å². The largest absolute Gasteiger partial charge is 0.395 e. The first-order chi connectivity index (χ1) is 14.5. The van der Waals surface area contributed by atoms with E-state index in [1.165, 1.54) is 0 Å². The molecular formula is C22H21Cl2N5O. The summed E-state index contributed by atoms with van der Waals surface area (Å²) < 4.78 is 0. The van der Waals surface area contributed by atoms with Gasteiger partial charge in [0.1, 0.15) is 5.69 Å². The Labute approximate surface area is 185 Å². The van der Waals surface area contributed by atoms with Crippen molar-refractivity contribution in [2.45, 2.75) is 12.5 Å². The molecule has 3 aromatic rings. The molecule has 1 aliphatic rings. The van der Waals surface area contributed by atoms with Gasteiger partial charge in [0, 0.05) is 31.2 Å². The molecule has 0 radical (unpaired) electrons. The van der Waals surface area contributed by atoms with E-state index in [1.54, 1.807) is 18.2 Å². The number of halogens is 2. The van der Waals surface area contributed by atoms with Crippen molar-refractivity contribution in [1.82, 2.24) is 14.9 Å². The van der Waals surface area contributed by atoms with Crippen molar-refractivity contribution >= 4 is 40.1 Å². The highest BCUT2D eigenvalue weighted by molar-refractivity contribution is 6.42. The number of fused-ring (bicyclic) bond motifs is 1. The molecule has 0 spiro atoms. The van der Waals surface area contributed by atoms with Gasteiger partial charge < -0.3 is 10.0 Å². The topological polar surface area (TPSA) is 76.3 Å². The van der Waals surface area contributed by atoms with E-state index in [2.05, 4.69) is 15.9 Å². The highest BCUT2D eigenvalue weighted by atomic mass is 35.5. The lowest BCUT2D eigenvalue weighted by Gasteiger charge is -2.25. The number of hydrogen-bond donors (Lipinski definition) is 1. The van der Waals surface area contributed by atoms with Crippen LogP contribution in [0, 0.1) is 11.3 Å². The molecule has 0 aliphatic carbocycles. The molecule has 1 saturated heterocycles. The smallest absolute Gasteiger partial charge is 0.156 e. The van der Waals surface area contributed by atoms with Crippen molar-refractivity contribution in [3.63, 3.8) is 0 Å². The standard InChI is InChI=1S/C22H21Cl2N5O/c1-28(7-8-30)16-5-6-29(13-16)22-21(15-4-2-3-14(9-15)12-25)26-19-10-17(23)18(24)11-20(19)27-22/h2-4,9-11,16,30H,5-8,13H2,1H3. The fourth-order valence-corrected chi connectivity index (χ4v) is 4.14. The minimum atomic E-state index is 0.133. The summed E-state index contributed by atoms with van der Waals surface area (Å²) in [5.74, 6) is 0.760. The van der Waals surface area contributed by atoms with Gasteiger partial charge in [-0.2, -0.15) is 5.26 Å². The molecule has 2 heterocycles. The molecule has 1 aliphatic heterocycles. The number of hydrogen-bond acceptors (Lipinski definition) is 6. The Morgan fingerprint density at radius 1 is 1.20 bits per heavy atom. The summed E-state index contributed by atoms with van der Waals surface area (Å²) in [6, 6.07) is 13.3. The third-order valence-corrected chi connectivity index (χ3v) is 6.21. The number of benzene rings is 2. The summed E-state index contributed by atoms with van der Waals surface area (Å²) in [5, 5.41) is 19.4. The van der Waals surface area contributed by atoms with Crippen LogP contribution in [0.3, 0.4) is 0 Å². The second kappa shape index (κ2) is 8.75. The third-order valence-electron chi connectivity index (χ3n) is 5.49. The predicted molar refractivity (Wildman–Crippen MR) is 120 cm³/mol. The molecule has 0 amide bonds. The van der Waals surface area contributed by atoms with Crippen LogP contribution in [-0.4, -0.2) is 59.3 Å². The van der Waals surface area contributed by atoms with E-state index in [0.29, 0.717) is 44.9 Å². The quantitative estimate of drug-likeness (QED) is 0.644. The summed E-state index contributed by atoms with van der Waals surface area (Å²) >= 11 is 12.4. The van der Waals surface area contributed by atoms with E-state index in [1.807, 2.05) is 25.2 Å². The molecule has 8 heteroatoms. The van der Waals surface area contributed by atoms with Gasteiger partial charge in [-0.25, -0.2) is 9.97 Å². The van der Waals surface area contributed by atoms with Gasteiger partial charge in [-0.05, 0) is 37.7 Å². The van der Waals surface area contributed by atoms with Gasteiger partial charge in [0.05, 0.1) is 39.3 Å². The predicted octanol–water partition coefficient (Wildman–Crippen LogP) is 3.98. The third kappa shape index (κ3) is 4.07. The summed E-state index contributed by atoms with van der Waals surface area (Å²) in [6.45, 7) is 2.37. The van der Waals surface area contributed by atoms with Crippen molar-refractivity contribution in [2.75, 3.05) is 38.2 Å². The lowest BCUT2D eigenvalue weighted by atomic mass is 10.1. The first-order valence-corrected chi connectivity index (χ1v) is 10.5. The van der Waals surface area contributed by atoms with Gasteiger partial charge in [0.2, 0.25) is 0 Å². The summed E-state index contributed by atoms with van der Waals surface area (Å²) in [4.78, 5) is 14.1. The fraction of sp³-hybridized carbons (Fsp3) is 0.318. The zero-order valence-corrected chi connectivity index (χ0v) is 18.0. The fourth-order valence-electron chi connectivity index (χ4n) is 3.83. The van der Waals surface area contributed by atoms with Crippen LogP contribution in [0.2, 0.25) is 10.0 Å². The average molecular weight is 442 g/mol. The number of nitriles is 1. The van der Waals surface area contributed by atoms with Crippen LogP contribution in [0.5, 0.6) is 0 Å². The van der Waals surface area contributed by atoms with Gasteiger partial charge in [0.15, 0.2) is 5.82 Å². The molecule has 1 aromatic heterocycles. The zero-order chi connectivity index (χ0) is 21.3. The minimum absolute atomic E-state index is 0.133. The van der Waals surface area contributed by atoms with Crippen molar-refractivity contribution in [2.24, 2.45) is 0 Å². The van der Waals surface area contributed by atoms with E-state index in [9.17, 15) is 10.4 Å². The van der Waals surface area contributed by atoms with Gasteiger partial charge in [-0.3, -0.25) is 4.90 Å². The van der Waals surface area contributed by atoms with Crippen LogP contribution in [0.15, 0.2) is 36.4 Å². The molecule has 2 aromatic carbocycles. The number of nitrogens with zero attached hydrogens (tertiary/aromatic N) is 5. The number of aliphatic hydroxyl groups excluding tert-OH is 1. The van der Waals surface area contributed by atoms with Crippen LogP contribution < -0.4 is 4.90 Å². The van der Waals surface area contributed by atoms with E-state index < -0.39 is 0 Å². The Kier molecular flexibility index (Phi) is 6.07. The maximum absolute atomic E-state index is 9.32. The monoisotopic (exact) mass is 441 g/mol. The second-order valence-electron chi connectivity index (χ2n) is 7.44. The van der Waals surface area contributed by atoms with E-state index in [0.717, 1.165) is 30.9 Å². The first kappa shape index (κ1) is 20.8. The van der Waals surface area contributed by atoms with E-state index in [4.69, 9.17) is 33.2 Å². The Balaban J connectivity index is 1.82. The second-order valence-corrected chi connectivity index (χ2v) is 8.25. The van der Waals surface area contributed by atoms with Crippen molar-refractivity contribution < 1.29 is 5.11 Å². The number of likely N-dealkylation sites (N-methyl/N-ethyl adjacent to an activating group) is 1. The van der Waals surface area contributed by atoms with Gasteiger partial charge >= 0.3 is 0 Å². The van der Waals surface area contributed by atoms with E-state index in [-0.39, 0.29) is 6.61 Å². The highest BCUT2D eigenvalue weighted by Gasteiger charge is 2.29. The maximum atomic E-state index is 9.32. The SMILES string of the molecule is CN(CCO)C1CCN(c2nc3cc(Cl)c(Cl)cc3nc2-c2cccc(C#N)c2)C1. The molecule has 30 heavy (non-hydrogen) atoms. The molecule has 1 unspecified atom stereocenters. The van der Waals surface area contributed by atoms with E-state index >= 15 is 0 Å². The molecular weight excluding hydrogens is 421 g/mol. The summed E-state index contributed by atoms with van der Waals surface area (Å²) in [7, 11) is 2.02. The number of anilines is 1. The average Bonchev–Trinajstić information content (AvgIpc) is 3.24. The van der Waals surface area contributed by atoms with Crippen LogP contribution in [0.1, 0.15) is 12.0 Å². The summed E-state index contributed by atoms with van der Waals surface area (Å²) in [6.07, 6.45) is 0.968. The van der Waals surface area contributed by atoms with Gasteiger partial charge in [-0.1, -0.05) is 35.3 Å². The molecule has 1 N–H and O–H groups in total. The Morgan fingerprint density at radius 2 is 1.93 bits per heavy atom. The van der Waals surface area contributed by atoms with Gasteiger partial charge in [-0.15, -0.1) is 0 Å².